The van der Waals surface area contributed by atoms with Crippen molar-refractivity contribution in [3.05, 3.63) is 0 Å². The summed E-state index contributed by atoms with van der Waals surface area (Å²) in [6.45, 7) is 6.47. The highest BCUT2D eigenvalue weighted by molar-refractivity contribution is 5.82. The Bertz CT molecular complexity index is 276. The summed E-state index contributed by atoms with van der Waals surface area (Å²) in [5.74, 6) is 0.179. The fourth-order valence-electron chi connectivity index (χ4n) is 3.23. The normalized spacial score (nSPS) is 26.8. The number of amides is 1. The van der Waals surface area contributed by atoms with Gasteiger partial charge in [0.15, 0.2) is 0 Å². The van der Waals surface area contributed by atoms with Gasteiger partial charge in [-0.2, -0.15) is 0 Å². The second-order valence-electron chi connectivity index (χ2n) is 5.73. The first-order chi connectivity index (χ1) is 8.72. The Balaban J connectivity index is 1.87. The molecule has 2 heterocycles. The molecule has 18 heavy (non-hydrogen) atoms. The molecule has 0 radical (unpaired) electrons. The lowest BCUT2D eigenvalue weighted by atomic mass is 10.1. The van der Waals surface area contributed by atoms with E-state index >= 15 is 0 Å². The van der Waals surface area contributed by atoms with Gasteiger partial charge in [-0.1, -0.05) is 13.3 Å². The summed E-state index contributed by atoms with van der Waals surface area (Å²) in [5.41, 5.74) is 5.97. The summed E-state index contributed by atoms with van der Waals surface area (Å²) in [5, 5.41) is 0. The van der Waals surface area contributed by atoms with E-state index in [1.54, 1.807) is 0 Å². The molecule has 1 amide bonds. The highest BCUT2D eigenvalue weighted by Gasteiger charge is 2.32. The van der Waals surface area contributed by atoms with Crippen LogP contribution in [0.15, 0.2) is 0 Å². The third kappa shape index (κ3) is 3.23. The van der Waals surface area contributed by atoms with Crippen molar-refractivity contribution in [2.75, 3.05) is 26.2 Å². The molecule has 4 nitrogen and oxygen atoms in total. The molecular formula is C14H27N3O. The Kier molecular flexibility index (Phi) is 5.01. The molecule has 2 fully saturated rings. The van der Waals surface area contributed by atoms with E-state index in [1.165, 1.54) is 25.9 Å². The van der Waals surface area contributed by atoms with Crippen LogP contribution >= 0.6 is 0 Å². The maximum Gasteiger partial charge on any atom is 0.239 e. The molecule has 2 rings (SSSR count). The second kappa shape index (κ2) is 6.53. The average Bonchev–Trinajstić information content (AvgIpc) is 3.00. The number of rotatable bonds is 5. The van der Waals surface area contributed by atoms with E-state index in [1.807, 2.05) is 0 Å². The van der Waals surface area contributed by atoms with Gasteiger partial charge < -0.3 is 15.5 Å². The number of carbonyl (C=O) groups excluding carboxylic acids is 1. The predicted octanol–water partition coefficient (Wildman–Crippen LogP) is 1.20. The van der Waals surface area contributed by atoms with Crippen LogP contribution < -0.4 is 5.73 Å². The smallest absolute Gasteiger partial charge is 0.239 e. The molecule has 0 aromatic carbocycles. The van der Waals surface area contributed by atoms with E-state index in [4.69, 9.17) is 5.73 Å². The fourth-order valence-corrected chi connectivity index (χ4v) is 3.23. The van der Waals surface area contributed by atoms with Crippen LogP contribution in [0.1, 0.15) is 45.4 Å². The predicted molar refractivity (Wildman–Crippen MR) is 73.3 cm³/mol. The highest BCUT2D eigenvalue weighted by Crippen LogP contribution is 2.21. The summed E-state index contributed by atoms with van der Waals surface area (Å²) in [7, 11) is 0. The Labute approximate surface area is 110 Å². The number of carbonyl (C=O) groups is 1. The summed E-state index contributed by atoms with van der Waals surface area (Å²) in [6, 6.07) is 0.132. The van der Waals surface area contributed by atoms with Crippen molar-refractivity contribution in [2.45, 2.75) is 57.5 Å². The fraction of sp³-hybridized carbons (Fsp3) is 0.929. The third-order valence-corrected chi connectivity index (χ3v) is 4.24. The molecule has 0 aromatic rings. The van der Waals surface area contributed by atoms with Gasteiger partial charge in [0.25, 0.3) is 0 Å². The van der Waals surface area contributed by atoms with Crippen molar-refractivity contribution in [1.29, 1.82) is 0 Å². The highest BCUT2D eigenvalue weighted by atomic mass is 16.2. The number of hydrogen-bond acceptors (Lipinski definition) is 3. The second-order valence-corrected chi connectivity index (χ2v) is 5.73. The number of hydrogen-bond donors (Lipinski definition) is 1. The van der Waals surface area contributed by atoms with Gasteiger partial charge in [-0.05, 0) is 45.2 Å². The first-order valence-corrected chi connectivity index (χ1v) is 7.50. The molecule has 104 valence electrons. The molecule has 2 N–H and O–H groups in total. The van der Waals surface area contributed by atoms with Crippen molar-refractivity contribution < 1.29 is 4.79 Å². The van der Waals surface area contributed by atoms with Gasteiger partial charge in [0, 0.05) is 19.1 Å². The third-order valence-electron chi connectivity index (χ3n) is 4.24. The Morgan fingerprint density at radius 1 is 1.28 bits per heavy atom. The quantitative estimate of drug-likeness (QED) is 0.801. The van der Waals surface area contributed by atoms with Gasteiger partial charge in [-0.15, -0.1) is 0 Å². The molecule has 0 aromatic heterocycles. The van der Waals surface area contributed by atoms with Crippen LogP contribution in [0.25, 0.3) is 0 Å². The van der Waals surface area contributed by atoms with Crippen molar-refractivity contribution in [1.82, 2.24) is 9.80 Å². The molecular weight excluding hydrogens is 226 g/mol. The van der Waals surface area contributed by atoms with Gasteiger partial charge in [-0.25, -0.2) is 0 Å². The van der Waals surface area contributed by atoms with Gasteiger partial charge in [0.1, 0.15) is 0 Å². The lowest BCUT2D eigenvalue weighted by Gasteiger charge is -2.30. The van der Waals surface area contributed by atoms with Crippen molar-refractivity contribution >= 4 is 5.91 Å². The Hall–Kier alpha value is -0.610. The topological polar surface area (TPSA) is 49.6 Å². The van der Waals surface area contributed by atoms with E-state index in [-0.39, 0.29) is 11.9 Å². The molecule has 4 heteroatoms. The first kappa shape index (κ1) is 13.8. The SMILES string of the molecule is CCCC(N)C(=O)N1CCCC1CN1CCCC1. The van der Waals surface area contributed by atoms with Gasteiger partial charge in [0.2, 0.25) is 5.91 Å². The molecule has 2 atom stereocenters. The first-order valence-electron chi connectivity index (χ1n) is 7.50. The van der Waals surface area contributed by atoms with Crippen molar-refractivity contribution in [3.8, 4) is 0 Å². The van der Waals surface area contributed by atoms with Crippen LogP contribution in [0.3, 0.4) is 0 Å². The van der Waals surface area contributed by atoms with Gasteiger partial charge in [0.05, 0.1) is 6.04 Å². The minimum atomic E-state index is -0.283. The van der Waals surface area contributed by atoms with Crippen LogP contribution in [0.2, 0.25) is 0 Å². The maximum absolute atomic E-state index is 12.3. The zero-order valence-corrected chi connectivity index (χ0v) is 11.6. The summed E-state index contributed by atoms with van der Waals surface area (Å²) < 4.78 is 0. The average molecular weight is 253 g/mol. The van der Waals surface area contributed by atoms with Crippen molar-refractivity contribution in [3.63, 3.8) is 0 Å². The van der Waals surface area contributed by atoms with Crippen LogP contribution in [0.4, 0.5) is 0 Å². The minimum Gasteiger partial charge on any atom is -0.337 e. The van der Waals surface area contributed by atoms with Crippen LogP contribution in [-0.4, -0.2) is 54.0 Å². The zero-order chi connectivity index (χ0) is 13.0. The molecule has 0 bridgehead atoms. The zero-order valence-electron chi connectivity index (χ0n) is 11.6. The summed E-state index contributed by atoms with van der Waals surface area (Å²) in [6.07, 6.45) is 6.72. The molecule has 2 saturated heterocycles. The number of nitrogens with zero attached hydrogens (tertiary/aromatic N) is 2. The van der Waals surface area contributed by atoms with Gasteiger partial charge >= 0.3 is 0 Å². The van der Waals surface area contributed by atoms with E-state index < -0.39 is 0 Å². The van der Waals surface area contributed by atoms with Crippen LogP contribution in [0, 0.1) is 0 Å². The molecule has 2 unspecified atom stereocenters. The molecule has 0 aliphatic carbocycles. The summed E-state index contributed by atoms with van der Waals surface area (Å²) in [4.78, 5) is 16.9. The number of likely N-dealkylation sites (tertiary alicyclic amines) is 2. The number of nitrogens with two attached hydrogens (primary N) is 1. The Morgan fingerprint density at radius 2 is 2.00 bits per heavy atom. The Morgan fingerprint density at radius 3 is 2.67 bits per heavy atom. The largest absolute Gasteiger partial charge is 0.337 e. The molecule has 2 aliphatic heterocycles. The van der Waals surface area contributed by atoms with E-state index in [0.29, 0.717) is 6.04 Å². The lowest BCUT2D eigenvalue weighted by Crippen LogP contribution is -2.49. The monoisotopic (exact) mass is 253 g/mol. The van der Waals surface area contributed by atoms with Crippen molar-refractivity contribution in [2.24, 2.45) is 5.73 Å². The minimum absolute atomic E-state index is 0.179. The maximum atomic E-state index is 12.3. The van der Waals surface area contributed by atoms with E-state index in [9.17, 15) is 4.79 Å². The molecule has 2 aliphatic rings. The lowest BCUT2D eigenvalue weighted by molar-refractivity contribution is -0.133. The summed E-state index contributed by atoms with van der Waals surface area (Å²) >= 11 is 0. The molecule has 0 saturated carbocycles. The standard InChI is InChI=1S/C14H27N3O/c1-2-6-13(15)14(18)17-10-5-7-12(17)11-16-8-3-4-9-16/h12-13H,2-11,15H2,1H3. The van der Waals surface area contributed by atoms with Crippen LogP contribution in [-0.2, 0) is 4.79 Å². The van der Waals surface area contributed by atoms with Crippen LogP contribution in [0.5, 0.6) is 0 Å². The van der Waals surface area contributed by atoms with E-state index in [2.05, 4.69) is 16.7 Å². The van der Waals surface area contributed by atoms with E-state index in [0.717, 1.165) is 38.8 Å². The van der Waals surface area contributed by atoms with Gasteiger partial charge in [-0.3, -0.25) is 4.79 Å². The molecule has 0 spiro atoms.